The summed E-state index contributed by atoms with van der Waals surface area (Å²) in [5.41, 5.74) is 1.98. The summed E-state index contributed by atoms with van der Waals surface area (Å²) in [7, 11) is -1.85. The summed E-state index contributed by atoms with van der Waals surface area (Å²) in [5, 5.41) is 0.912. The van der Waals surface area contributed by atoms with E-state index in [1.807, 2.05) is 24.3 Å². The van der Waals surface area contributed by atoms with Crippen molar-refractivity contribution in [2.24, 2.45) is 0 Å². The van der Waals surface area contributed by atoms with E-state index < -0.39 is 16.0 Å². The van der Waals surface area contributed by atoms with Gasteiger partial charge in [0, 0.05) is 24.2 Å². The van der Waals surface area contributed by atoms with Crippen LogP contribution in [0.25, 0.3) is 10.9 Å². The van der Waals surface area contributed by atoms with Crippen LogP contribution in [-0.2, 0) is 14.8 Å². The number of pyridine rings is 1. The second kappa shape index (κ2) is 5.78. The minimum atomic E-state index is -3.17. The van der Waals surface area contributed by atoms with Gasteiger partial charge < -0.3 is 9.64 Å². The molecule has 2 heterocycles. The molecule has 0 atom stereocenters. The summed E-state index contributed by atoms with van der Waals surface area (Å²) in [6.07, 6.45) is 1.16. The Morgan fingerprint density at radius 2 is 2.04 bits per heavy atom. The number of anilines is 1. The lowest BCUT2D eigenvalue weighted by Gasteiger charge is -2.41. The molecule has 1 saturated heterocycles. The van der Waals surface area contributed by atoms with Gasteiger partial charge in [0.05, 0.1) is 24.9 Å². The van der Waals surface area contributed by atoms with Gasteiger partial charge in [-0.1, -0.05) is 6.07 Å². The standard InChI is InChI=1S/C15H17N3O4S/c1-22-15(19)14-5-3-10-7-12(4-6-13(10)16-14)18-8-11(9-18)17-23(2,20)21/h3-7,11,17H,8-9H2,1-2H3. The van der Waals surface area contributed by atoms with Crippen LogP contribution >= 0.6 is 0 Å². The van der Waals surface area contributed by atoms with E-state index in [0.717, 1.165) is 17.3 Å². The zero-order valence-corrected chi connectivity index (χ0v) is 13.6. The van der Waals surface area contributed by atoms with Crippen molar-refractivity contribution in [3.8, 4) is 0 Å². The van der Waals surface area contributed by atoms with E-state index in [9.17, 15) is 13.2 Å². The summed E-state index contributed by atoms with van der Waals surface area (Å²) in [6, 6.07) is 9.12. The van der Waals surface area contributed by atoms with Crippen molar-refractivity contribution in [3.05, 3.63) is 36.0 Å². The molecular weight excluding hydrogens is 318 g/mol. The quantitative estimate of drug-likeness (QED) is 0.830. The third kappa shape index (κ3) is 3.43. The van der Waals surface area contributed by atoms with E-state index in [0.29, 0.717) is 18.6 Å². The number of esters is 1. The first kappa shape index (κ1) is 15.7. The predicted molar refractivity (Wildman–Crippen MR) is 87.1 cm³/mol. The normalized spacial score (nSPS) is 15.5. The van der Waals surface area contributed by atoms with Crippen LogP contribution in [0.15, 0.2) is 30.3 Å². The Morgan fingerprint density at radius 1 is 1.30 bits per heavy atom. The van der Waals surface area contributed by atoms with Crippen molar-refractivity contribution in [2.75, 3.05) is 31.4 Å². The molecule has 7 nitrogen and oxygen atoms in total. The highest BCUT2D eigenvalue weighted by Crippen LogP contribution is 2.25. The van der Waals surface area contributed by atoms with Crippen molar-refractivity contribution in [1.82, 2.24) is 9.71 Å². The molecule has 0 radical (unpaired) electrons. The summed E-state index contributed by atoms with van der Waals surface area (Å²) in [6.45, 7) is 1.26. The first-order valence-electron chi connectivity index (χ1n) is 7.07. The number of nitrogens with zero attached hydrogens (tertiary/aromatic N) is 2. The van der Waals surface area contributed by atoms with Crippen LogP contribution in [0, 0.1) is 0 Å². The highest BCUT2D eigenvalue weighted by Gasteiger charge is 2.29. The first-order chi connectivity index (χ1) is 10.9. The van der Waals surface area contributed by atoms with Gasteiger partial charge in [0.2, 0.25) is 10.0 Å². The van der Waals surface area contributed by atoms with Crippen molar-refractivity contribution >= 4 is 32.6 Å². The zero-order chi connectivity index (χ0) is 16.6. The van der Waals surface area contributed by atoms with E-state index in [1.165, 1.54) is 7.11 Å². The molecule has 3 rings (SSSR count). The van der Waals surface area contributed by atoms with Gasteiger partial charge in [0.1, 0.15) is 5.69 Å². The fourth-order valence-electron chi connectivity index (χ4n) is 2.59. The van der Waals surface area contributed by atoms with E-state index in [1.54, 1.807) is 6.07 Å². The number of nitrogens with one attached hydrogen (secondary N) is 1. The van der Waals surface area contributed by atoms with E-state index in [-0.39, 0.29) is 11.7 Å². The molecular formula is C15H17N3O4S. The molecule has 1 N–H and O–H groups in total. The molecule has 1 aromatic heterocycles. The lowest BCUT2D eigenvalue weighted by Crippen LogP contribution is -2.59. The summed E-state index contributed by atoms with van der Waals surface area (Å²) in [5.74, 6) is -0.464. The Labute approximate surface area is 134 Å². The predicted octanol–water partition coefficient (Wildman–Crippen LogP) is 0.759. The average molecular weight is 335 g/mol. The van der Waals surface area contributed by atoms with Crippen LogP contribution in [0.1, 0.15) is 10.5 Å². The zero-order valence-electron chi connectivity index (χ0n) is 12.8. The topological polar surface area (TPSA) is 88.6 Å². The molecule has 0 bridgehead atoms. The molecule has 23 heavy (non-hydrogen) atoms. The number of hydrogen-bond donors (Lipinski definition) is 1. The Morgan fingerprint density at radius 3 is 2.70 bits per heavy atom. The highest BCUT2D eigenvalue weighted by molar-refractivity contribution is 7.88. The number of benzene rings is 1. The van der Waals surface area contributed by atoms with E-state index in [4.69, 9.17) is 0 Å². The number of ether oxygens (including phenoxy) is 1. The van der Waals surface area contributed by atoms with Crippen LogP contribution < -0.4 is 9.62 Å². The molecule has 2 aromatic rings. The molecule has 0 spiro atoms. The number of hydrogen-bond acceptors (Lipinski definition) is 6. The first-order valence-corrected chi connectivity index (χ1v) is 8.96. The van der Waals surface area contributed by atoms with Crippen LogP contribution in [0.2, 0.25) is 0 Å². The van der Waals surface area contributed by atoms with Gasteiger partial charge in [-0.3, -0.25) is 0 Å². The molecule has 0 unspecified atom stereocenters. The maximum atomic E-state index is 11.5. The van der Waals surface area contributed by atoms with Crippen molar-refractivity contribution in [3.63, 3.8) is 0 Å². The maximum absolute atomic E-state index is 11.5. The van der Waals surface area contributed by atoms with Crippen molar-refractivity contribution in [2.45, 2.75) is 6.04 Å². The molecule has 1 aliphatic rings. The number of sulfonamides is 1. The number of carbonyl (C=O) groups excluding carboxylic acids is 1. The smallest absolute Gasteiger partial charge is 0.356 e. The minimum Gasteiger partial charge on any atom is -0.464 e. The minimum absolute atomic E-state index is 0.0551. The number of carbonyl (C=O) groups is 1. The number of aromatic nitrogens is 1. The Bertz CT molecular complexity index is 860. The molecule has 0 aliphatic carbocycles. The maximum Gasteiger partial charge on any atom is 0.356 e. The Balaban J connectivity index is 1.76. The summed E-state index contributed by atoms with van der Waals surface area (Å²) in [4.78, 5) is 17.8. The van der Waals surface area contributed by atoms with Gasteiger partial charge in [-0.05, 0) is 24.3 Å². The lowest BCUT2D eigenvalue weighted by atomic mass is 10.1. The van der Waals surface area contributed by atoms with Gasteiger partial charge in [-0.25, -0.2) is 22.9 Å². The average Bonchev–Trinajstić information content (AvgIpc) is 2.47. The third-order valence-electron chi connectivity index (χ3n) is 3.69. The van der Waals surface area contributed by atoms with E-state index >= 15 is 0 Å². The number of fused-ring (bicyclic) bond motifs is 1. The number of rotatable bonds is 4. The largest absolute Gasteiger partial charge is 0.464 e. The Kier molecular flexibility index (Phi) is 3.95. The van der Waals surface area contributed by atoms with Crippen LogP contribution in [-0.4, -0.2) is 51.9 Å². The third-order valence-corrected chi connectivity index (χ3v) is 4.46. The molecule has 122 valence electrons. The lowest BCUT2D eigenvalue weighted by molar-refractivity contribution is 0.0594. The molecule has 1 aromatic carbocycles. The monoisotopic (exact) mass is 335 g/mol. The highest BCUT2D eigenvalue weighted by atomic mass is 32.2. The molecule has 0 amide bonds. The van der Waals surface area contributed by atoms with E-state index in [2.05, 4.69) is 19.3 Å². The van der Waals surface area contributed by atoms with Gasteiger partial charge in [0.15, 0.2) is 0 Å². The van der Waals surface area contributed by atoms with Crippen LogP contribution in [0.5, 0.6) is 0 Å². The van der Waals surface area contributed by atoms with Crippen LogP contribution in [0.3, 0.4) is 0 Å². The van der Waals surface area contributed by atoms with Crippen molar-refractivity contribution in [1.29, 1.82) is 0 Å². The Hall–Kier alpha value is -2.19. The summed E-state index contributed by atoms with van der Waals surface area (Å²) >= 11 is 0. The molecule has 1 aliphatic heterocycles. The molecule has 1 fully saturated rings. The fraction of sp³-hybridized carbons (Fsp3) is 0.333. The van der Waals surface area contributed by atoms with Gasteiger partial charge in [-0.15, -0.1) is 0 Å². The van der Waals surface area contributed by atoms with Gasteiger partial charge in [0.25, 0.3) is 0 Å². The SMILES string of the molecule is COC(=O)c1ccc2cc(N3CC(NS(C)(=O)=O)C3)ccc2n1. The van der Waals surface area contributed by atoms with Crippen molar-refractivity contribution < 1.29 is 17.9 Å². The number of methoxy groups -OCH3 is 1. The van der Waals surface area contributed by atoms with Gasteiger partial charge in [-0.2, -0.15) is 0 Å². The second-order valence-corrected chi connectivity index (χ2v) is 7.34. The van der Waals surface area contributed by atoms with Crippen LogP contribution in [0.4, 0.5) is 5.69 Å². The molecule has 0 saturated carbocycles. The second-order valence-electron chi connectivity index (χ2n) is 5.56. The molecule has 8 heteroatoms. The fourth-order valence-corrected chi connectivity index (χ4v) is 3.35. The summed E-state index contributed by atoms with van der Waals surface area (Å²) < 4.78 is 29.6. The van der Waals surface area contributed by atoms with Gasteiger partial charge >= 0.3 is 5.97 Å².